The number of pyridine rings is 2. The van der Waals surface area contributed by atoms with Gasteiger partial charge in [-0.05, 0) is 73.2 Å². The van der Waals surface area contributed by atoms with E-state index in [1.165, 1.54) is 5.56 Å². The van der Waals surface area contributed by atoms with Gasteiger partial charge in [0.05, 0.1) is 0 Å². The first-order valence-electron chi connectivity index (χ1n) is 15.2. The quantitative estimate of drug-likeness (QED) is 0.310. The molecule has 0 spiro atoms. The summed E-state index contributed by atoms with van der Waals surface area (Å²) in [7, 11) is 0. The van der Waals surface area contributed by atoms with Crippen molar-refractivity contribution in [1.82, 2.24) is 25.5 Å². The molecule has 6 rings (SSSR count). The Bertz CT molecular complexity index is 1500. The van der Waals surface area contributed by atoms with Crippen molar-refractivity contribution in [2.24, 2.45) is 0 Å². The normalized spacial score (nSPS) is 16.5. The van der Waals surface area contributed by atoms with Crippen molar-refractivity contribution in [3.05, 3.63) is 114 Å². The highest BCUT2D eigenvalue weighted by Gasteiger charge is 2.23. The van der Waals surface area contributed by atoms with E-state index in [2.05, 4.69) is 37.6 Å². The maximum absolute atomic E-state index is 13.0. The molecule has 2 saturated heterocycles. The van der Waals surface area contributed by atoms with Gasteiger partial charge in [-0.15, -0.1) is 0 Å². The van der Waals surface area contributed by atoms with Crippen molar-refractivity contribution in [2.45, 2.75) is 44.3 Å². The van der Waals surface area contributed by atoms with Gasteiger partial charge in [-0.1, -0.05) is 42.5 Å². The van der Waals surface area contributed by atoms with Gasteiger partial charge >= 0.3 is 0 Å². The molecule has 43 heavy (non-hydrogen) atoms. The molecule has 4 aromatic rings. The Morgan fingerprint density at radius 2 is 1.37 bits per heavy atom. The molecule has 0 bridgehead atoms. The topological polar surface area (TPSA) is 90.5 Å². The average molecular weight is 575 g/mol. The molecule has 2 fully saturated rings. The third-order valence-electron chi connectivity index (χ3n) is 8.45. The third kappa shape index (κ3) is 7.45. The van der Waals surface area contributed by atoms with Crippen molar-refractivity contribution in [3.63, 3.8) is 0 Å². The molecule has 4 heterocycles. The fourth-order valence-corrected chi connectivity index (χ4v) is 5.94. The molecular weight excluding hydrogens is 536 g/mol. The van der Waals surface area contributed by atoms with Gasteiger partial charge in [0, 0.05) is 80.1 Å². The fraction of sp³-hybridized carbons (Fsp3) is 0.314. The largest absolute Gasteiger partial charge is 0.356 e. The highest BCUT2D eigenvalue weighted by molar-refractivity contribution is 5.95. The molecule has 0 radical (unpaired) electrons. The monoisotopic (exact) mass is 574 g/mol. The van der Waals surface area contributed by atoms with E-state index in [1.54, 1.807) is 6.20 Å². The minimum atomic E-state index is -0.0217. The number of anilines is 1. The second-order valence-corrected chi connectivity index (χ2v) is 11.5. The lowest BCUT2D eigenvalue weighted by atomic mass is 10.0. The number of likely N-dealkylation sites (tertiary alicyclic amines) is 1. The number of hydrogen-bond acceptors (Lipinski definition) is 6. The Balaban J connectivity index is 0.932. The van der Waals surface area contributed by atoms with Crippen molar-refractivity contribution in [3.8, 4) is 11.1 Å². The molecule has 8 heteroatoms. The fourth-order valence-electron chi connectivity index (χ4n) is 5.94. The van der Waals surface area contributed by atoms with Crippen LogP contribution in [0.5, 0.6) is 0 Å². The Kier molecular flexibility index (Phi) is 9.04. The number of carbonyl (C=O) groups is 2. The molecule has 8 nitrogen and oxygen atoms in total. The summed E-state index contributed by atoms with van der Waals surface area (Å²) >= 11 is 0. The number of benzene rings is 2. The first-order valence-corrected chi connectivity index (χ1v) is 15.2. The number of piperidine rings is 2. The highest BCUT2D eigenvalue weighted by Crippen LogP contribution is 2.22. The zero-order chi connectivity index (χ0) is 29.4. The van der Waals surface area contributed by atoms with Gasteiger partial charge in [0.2, 0.25) is 0 Å². The molecule has 0 aliphatic carbocycles. The predicted molar refractivity (Wildman–Crippen MR) is 169 cm³/mol. The van der Waals surface area contributed by atoms with E-state index in [0.717, 1.165) is 75.4 Å². The van der Waals surface area contributed by atoms with Gasteiger partial charge < -0.3 is 15.5 Å². The first-order chi connectivity index (χ1) is 21.1. The van der Waals surface area contributed by atoms with E-state index in [1.807, 2.05) is 79.1 Å². The summed E-state index contributed by atoms with van der Waals surface area (Å²) in [5.74, 6) is 0.969. The third-order valence-corrected chi connectivity index (χ3v) is 8.45. The van der Waals surface area contributed by atoms with Gasteiger partial charge in [-0.3, -0.25) is 19.5 Å². The van der Waals surface area contributed by atoms with Crippen molar-refractivity contribution < 1.29 is 9.59 Å². The van der Waals surface area contributed by atoms with Crippen LogP contribution in [0.25, 0.3) is 11.1 Å². The maximum Gasteiger partial charge on any atom is 0.251 e. The van der Waals surface area contributed by atoms with Crippen LogP contribution in [0, 0.1) is 0 Å². The molecule has 2 aromatic heterocycles. The second kappa shape index (κ2) is 13.6. The highest BCUT2D eigenvalue weighted by atomic mass is 16.2. The molecule has 0 saturated carbocycles. The lowest BCUT2D eigenvalue weighted by molar-refractivity contribution is 0.0906. The number of carbonyl (C=O) groups excluding carboxylic acids is 2. The van der Waals surface area contributed by atoms with Crippen LogP contribution in [0.3, 0.4) is 0 Å². The van der Waals surface area contributed by atoms with Crippen LogP contribution in [0.15, 0.2) is 97.5 Å². The SMILES string of the molecule is O=C(NC1CCN(Cc2ccc(N3CCC(NC(=O)c4ccccc4)CC3)nc2)CC1)c1cccc(-c2cccnc2)c1. The van der Waals surface area contributed by atoms with Crippen molar-refractivity contribution in [2.75, 3.05) is 31.1 Å². The van der Waals surface area contributed by atoms with Gasteiger partial charge in [-0.2, -0.15) is 0 Å². The van der Waals surface area contributed by atoms with Crippen molar-refractivity contribution >= 4 is 17.6 Å². The number of amides is 2. The van der Waals surface area contributed by atoms with Gasteiger partial charge in [0.15, 0.2) is 0 Å². The number of aromatic nitrogens is 2. The van der Waals surface area contributed by atoms with Crippen molar-refractivity contribution in [1.29, 1.82) is 0 Å². The van der Waals surface area contributed by atoms with E-state index < -0.39 is 0 Å². The second-order valence-electron chi connectivity index (χ2n) is 11.5. The van der Waals surface area contributed by atoms with Crippen LogP contribution < -0.4 is 15.5 Å². The van der Waals surface area contributed by atoms with Gasteiger partial charge in [0.1, 0.15) is 5.82 Å². The van der Waals surface area contributed by atoms with Gasteiger partial charge in [-0.25, -0.2) is 4.98 Å². The van der Waals surface area contributed by atoms with Crippen LogP contribution in [0.4, 0.5) is 5.82 Å². The number of hydrogen-bond donors (Lipinski definition) is 2. The van der Waals surface area contributed by atoms with E-state index >= 15 is 0 Å². The van der Waals surface area contributed by atoms with Crippen LogP contribution in [0.2, 0.25) is 0 Å². The maximum atomic E-state index is 13.0. The Labute approximate surface area is 253 Å². The Morgan fingerprint density at radius 1 is 0.698 bits per heavy atom. The minimum absolute atomic E-state index is 0.000443. The molecule has 0 atom stereocenters. The van der Waals surface area contributed by atoms with Crippen LogP contribution in [-0.4, -0.2) is 64.9 Å². The summed E-state index contributed by atoms with van der Waals surface area (Å²) in [5.41, 5.74) is 4.58. The number of rotatable bonds is 8. The Morgan fingerprint density at radius 3 is 2.05 bits per heavy atom. The molecule has 220 valence electrons. The molecule has 2 amide bonds. The average Bonchev–Trinajstić information content (AvgIpc) is 3.07. The number of nitrogens with zero attached hydrogens (tertiary/aromatic N) is 4. The summed E-state index contributed by atoms with van der Waals surface area (Å²) in [6.45, 7) is 4.47. The summed E-state index contributed by atoms with van der Waals surface area (Å²) in [6.07, 6.45) is 9.22. The molecule has 2 aliphatic heterocycles. The summed E-state index contributed by atoms with van der Waals surface area (Å²) in [5, 5.41) is 6.42. The van der Waals surface area contributed by atoms with E-state index in [0.29, 0.717) is 11.1 Å². The predicted octanol–water partition coefficient (Wildman–Crippen LogP) is 4.94. The molecule has 2 N–H and O–H groups in total. The first kappa shape index (κ1) is 28.6. The van der Waals surface area contributed by atoms with E-state index in [-0.39, 0.29) is 23.9 Å². The standard InChI is InChI=1S/C35H38N6O2/c42-34(27-6-2-1-3-7-27)38-32-15-20-41(21-16-32)33-12-11-26(23-37-33)25-40-18-13-31(14-19-40)39-35(43)29-9-4-8-28(22-29)30-10-5-17-36-24-30/h1-12,17,22-24,31-32H,13-16,18-21,25H2,(H,38,42)(H,39,43). The number of nitrogens with one attached hydrogen (secondary N) is 2. The van der Waals surface area contributed by atoms with Crippen LogP contribution >= 0.6 is 0 Å². The van der Waals surface area contributed by atoms with E-state index in [9.17, 15) is 9.59 Å². The summed E-state index contributed by atoms with van der Waals surface area (Å²) < 4.78 is 0. The lowest BCUT2D eigenvalue weighted by Crippen LogP contribution is -2.45. The minimum Gasteiger partial charge on any atom is -0.356 e. The smallest absolute Gasteiger partial charge is 0.251 e. The summed E-state index contributed by atoms with van der Waals surface area (Å²) in [6, 6.07) is 25.7. The lowest BCUT2D eigenvalue weighted by Gasteiger charge is -2.34. The van der Waals surface area contributed by atoms with Gasteiger partial charge in [0.25, 0.3) is 11.8 Å². The zero-order valence-corrected chi connectivity index (χ0v) is 24.4. The van der Waals surface area contributed by atoms with E-state index in [4.69, 9.17) is 4.98 Å². The van der Waals surface area contributed by atoms with Crippen LogP contribution in [-0.2, 0) is 6.54 Å². The van der Waals surface area contributed by atoms with Crippen LogP contribution in [0.1, 0.15) is 52.0 Å². The zero-order valence-electron chi connectivity index (χ0n) is 24.4. The molecule has 2 aromatic carbocycles. The molecular formula is C35H38N6O2. The Hall–Kier alpha value is -4.56. The molecule has 2 aliphatic rings. The molecule has 0 unspecified atom stereocenters. The summed E-state index contributed by atoms with van der Waals surface area (Å²) in [4.78, 5) is 39.2.